The van der Waals surface area contributed by atoms with Crippen molar-refractivity contribution in [3.63, 3.8) is 0 Å². The van der Waals surface area contributed by atoms with Gasteiger partial charge in [-0.25, -0.2) is 0 Å². The standard InChI is InChI=1S/C14H28N2O/c1-11(2)9-16(10-12(3)4)13(17)8-14(15)6-5-7-14/h11-12H,5-10,15H2,1-4H3. The van der Waals surface area contributed by atoms with E-state index in [-0.39, 0.29) is 11.4 Å². The lowest BCUT2D eigenvalue weighted by Crippen LogP contribution is -2.51. The summed E-state index contributed by atoms with van der Waals surface area (Å²) >= 11 is 0. The summed E-state index contributed by atoms with van der Waals surface area (Å²) in [4.78, 5) is 14.3. The van der Waals surface area contributed by atoms with Gasteiger partial charge in [0.25, 0.3) is 0 Å². The number of hydrogen-bond acceptors (Lipinski definition) is 2. The molecule has 2 N–H and O–H groups in total. The Hall–Kier alpha value is -0.570. The Balaban J connectivity index is 2.52. The van der Waals surface area contributed by atoms with E-state index in [1.54, 1.807) is 0 Å². The van der Waals surface area contributed by atoms with Crippen LogP contribution in [0, 0.1) is 11.8 Å². The van der Waals surface area contributed by atoms with Gasteiger partial charge in [0.15, 0.2) is 0 Å². The van der Waals surface area contributed by atoms with Crippen LogP contribution >= 0.6 is 0 Å². The summed E-state index contributed by atoms with van der Waals surface area (Å²) in [7, 11) is 0. The SMILES string of the molecule is CC(C)CN(CC(C)C)C(=O)CC1(N)CCC1. The highest BCUT2D eigenvalue weighted by atomic mass is 16.2. The molecule has 3 heteroatoms. The molecule has 0 saturated heterocycles. The highest BCUT2D eigenvalue weighted by Crippen LogP contribution is 2.32. The Morgan fingerprint density at radius 3 is 1.94 bits per heavy atom. The first-order chi connectivity index (χ1) is 7.82. The van der Waals surface area contributed by atoms with Crippen molar-refractivity contribution in [2.24, 2.45) is 17.6 Å². The molecule has 0 atom stereocenters. The van der Waals surface area contributed by atoms with Crippen LogP contribution in [0.15, 0.2) is 0 Å². The third-order valence-corrected chi connectivity index (χ3v) is 3.38. The van der Waals surface area contributed by atoms with Crippen molar-refractivity contribution in [1.82, 2.24) is 4.90 Å². The van der Waals surface area contributed by atoms with Crippen LogP contribution in [0.2, 0.25) is 0 Å². The minimum atomic E-state index is -0.191. The predicted molar refractivity (Wildman–Crippen MR) is 71.6 cm³/mol. The van der Waals surface area contributed by atoms with Crippen molar-refractivity contribution in [1.29, 1.82) is 0 Å². The molecular formula is C14H28N2O. The van der Waals surface area contributed by atoms with Crippen LogP contribution in [0.4, 0.5) is 0 Å². The minimum absolute atomic E-state index is 0.191. The largest absolute Gasteiger partial charge is 0.342 e. The summed E-state index contributed by atoms with van der Waals surface area (Å²) < 4.78 is 0. The maximum absolute atomic E-state index is 12.3. The zero-order chi connectivity index (χ0) is 13.1. The predicted octanol–water partition coefficient (Wildman–Crippen LogP) is 2.40. The number of rotatable bonds is 6. The highest BCUT2D eigenvalue weighted by Gasteiger charge is 2.36. The maximum atomic E-state index is 12.3. The average molecular weight is 240 g/mol. The smallest absolute Gasteiger partial charge is 0.224 e. The summed E-state index contributed by atoms with van der Waals surface area (Å²) in [6.45, 7) is 10.3. The molecule has 0 aromatic carbocycles. The summed E-state index contributed by atoms with van der Waals surface area (Å²) in [5, 5.41) is 0. The van der Waals surface area contributed by atoms with Gasteiger partial charge in [-0.1, -0.05) is 27.7 Å². The number of carbonyl (C=O) groups is 1. The molecule has 0 aromatic rings. The van der Waals surface area contributed by atoms with Crippen molar-refractivity contribution in [2.45, 2.75) is 58.9 Å². The van der Waals surface area contributed by atoms with Gasteiger partial charge in [0, 0.05) is 25.0 Å². The van der Waals surface area contributed by atoms with Gasteiger partial charge < -0.3 is 10.6 Å². The Morgan fingerprint density at radius 2 is 1.65 bits per heavy atom. The van der Waals surface area contributed by atoms with Crippen molar-refractivity contribution < 1.29 is 4.79 Å². The van der Waals surface area contributed by atoms with Crippen molar-refractivity contribution in [3.05, 3.63) is 0 Å². The van der Waals surface area contributed by atoms with Gasteiger partial charge in [0.05, 0.1) is 0 Å². The molecule has 1 saturated carbocycles. The summed E-state index contributed by atoms with van der Waals surface area (Å²) in [6, 6.07) is 0. The van der Waals surface area contributed by atoms with E-state index in [0.29, 0.717) is 18.3 Å². The van der Waals surface area contributed by atoms with Gasteiger partial charge in [-0.2, -0.15) is 0 Å². The van der Waals surface area contributed by atoms with Gasteiger partial charge in [-0.05, 0) is 31.1 Å². The molecule has 1 rings (SSSR count). The van der Waals surface area contributed by atoms with Gasteiger partial charge in [-0.15, -0.1) is 0 Å². The molecule has 1 fully saturated rings. The molecule has 0 heterocycles. The van der Waals surface area contributed by atoms with Crippen LogP contribution in [0.3, 0.4) is 0 Å². The average Bonchev–Trinajstić information content (AvgIpc) is 2.12. The third-order valence-electron chi connectivity index (χ3n) is 3.38. The van der Waals surface area contributed by atoms with Crippen LogP contribution in [0.5, 0.6) is 0 Å². The van der Waals surface area contributed by atoms with Crippen molar-refractivity contribution >= 4 is 5.91 Å². The summed E-state index contributed by atoms with van der Waals surface area (Å²) in [5.74, 6) is 1.29. The van der Waals surface area contributed by atoms with Gasteiger partial charge in [-0.3, -0.25) is 4.79 Å². The molecule has 0 radical (unpaired) electrons. The van der Waals surface area contributed by atoms with E-state index in [2.05, 4.69) is 27.7 Å². The molecule has 0 unspecified atom stereocenters. The highest BCUT2D eigenvalue weighted by molar-refractivity contribution is 5.77. The normalized spacial score (nSPS) is 18.3. The topological polar surface area (TPSA) is 46.3 Å². The monoisotopic (exact) mass is 240 g/mol. The van der Waals surface area contributed by atoms with E-state index in [1.807, 2.05) is 4.90 Å². The Labute approximate surface area is 106 Å². The molecule has 1 aliphatic rings. The second-order valence-electron chi connectivity index (χ2n) is 6.48. The number of carbonyl (C=O) groups excluding carboxylic acids is 1. The van der Waals surface area contributed by atoms with E-state index in [0.717, 1.165) is 25.9 Å². The molecule has 17 heavy (non-hydrogen) atoms. The number of nitrogens with zero attached hydrogens (tertiary/aromatic N) is 1. The zero-order valence-corrected chi connectivity index (χ0v) is 11.8. The number of amides is 1. The lowest BCUT2D eigenvalue weighted by atomic mass is 9.75. The second kappa shape index (κ2) is 5.85. The quantitative estimate of drug-likeness (QED) is 0.775. The summed E-state index contributed by atoms with van der Waals surface area (Å²) in [6.07, 6.45) is 3.73. The van der Waals surface area contributed by atoms with E-state index >= 15 is 0 Å². The van der Waals surface area contributed by atoms with Crippen LogP contribution < -0.4 is 5.73 Å². The van der Waals surface area contributed by atoms with E-state index in [9.17, 15) is 4.79 Å². The van der Waals surface area contributed by atoms with Crippen molar-refractivity contribution in [2.75, 3.05) is 13.1 Å². The van der Waals surface area contributed by atoms with E-state index in [4.69, 9.17) is 5.73 Å². The first kappa shape index (κ1) is 14.5. The van der Waals surface area contributed by atoms with Crippen LogP contribution in [0.1, 0.15) is 53.4 Å². The molecule has 0 spiro atoms. The first-order valence-electron chi connectivity index (χ1n) is 6.89. The molecule has 1 aliphatic carbocycles. The fraction of sp³-hybridized carbons (Fsp3) is 0.929. The van der Waals surface area contributed by atoms with Crippen LogP contribution in [-0.4, -0.2) is 29.4 Å². The van der Waals surface area contributed by atoms with Gasteiger partial charge >= 0.3 is 0 Å². The number of hydrogen-bond donors (Lipinski definition) is 1. The Bertz CT molecular complexity index is 247. The third kappa shape index (κ3) is 4.66. The fourth-order valence-corrected chi connectivity index (χ4v) is 2.38. The van der Waals surface area contributed by atoms with Gasteiger partial charge in [0.1, 0.15) is 0 Å². The lowest BCUT2D eigenvalue weighted by molar-refractivity contribution is -0.134. The summed E-state index contributed by atoms with van der Waals surface area (Å²) in [5.41, 5.74) is 5.96. The van der Waals surface area contributed by atoms with Crippen LogP contribution in [0.25, 0.3) is 0 Å². The molecule has 0 aromatic heterocycles. The van der Waals surface area contributed by atoms with Crippen LogP contribution in [-0.2, 0) is 4.79 Å². The molecular weight excluding hydrogens is 212 g/mol. The molecule has 3 nitrogen and oxygen atoms in total. The fourth-order valence-electron chi connectivity index (χ4n) is 2.38. The lowest BCUT2D eigenvalue weighted by Gasteiger charge is -2.39. The molecule has 0 bridgehead atoms. The molecule has 100 valence electrons. The molecule has 0 aliphatic heterocycles. The zero-order valence-electron chi connectivity index (χ0n) is 11.8. The molecule has 1 amide bonds. The van der Waals surface area contributed by atoms with Gasteiger partial charge in [0.2, 0.25) is 5.91 Å². The first-order valence-corrected chi connectivity index (χ1v) is 6.89. The Morgan fingerprint density at radius 1 is 1.18 bits per heavy atom. The Kier molecular flexibility index (Phi) is 4.99. The number of nitrogens with two attached hydrogens (primary N) is 1. The maximum Gasteiger partial charge on any atom is 0.224 e. The minimum Gasteiger partial charge on any atom is -0.342 e. The van der Waals surface area contributed by atoms with E-state index in [1.165, 1.54) is 6.42 Å². The van der Waals surface area contributed by atoms with E-state index < -0.39 is 0 Å². The second-order valence-corrected chi connectivity index (χ2v) is 6.48. The van der Waals surface area contributed by atoms with Crippen molar-refractivity contribution in [3.8, 4) is 0 Å².